The second-order valence-corrected chi connectivity index (χ2v) is 7.45. The molecule has 2 aliphatic heterocycles. The van der Waals surface area contributed by atoms with Crippen LogP contribution in [-0.2, 0) is 17.4 Å². The Morgan fingerprint density at radius 3 is 2.21 bits per heavy atom. The minimum Gasteiger partial charge on any atom is -0.490 e. The summed E-state index contributed by atoms with van der Waals surface area (Å²) < 4.78 is 44.1. The molecule has 148 valence electrons. The molecule has 28 heavy (non-hydrogen) atoms. The smallest absolute Gasteiger partial charge is 0.416 e. The van der Waals surface area contributed by atoms with E-state index >= 15 is 0 Å². The van der Waals surface area contributed by atoms with Crippen LogP contribution < -0.4 is 4.74 Å². The molecule has 4 nitrogen and oxygen atoms in total. The maximum atomic E-state index is 12.8. The molecule has 1 aromatic heterocycles. The molecule has 2 unspecified atom stereocenters. The van der Waals surface area contributed by atoms with Crippen molar-refractivity contribution in [2.75, 3.05) is 0 Å². The molecule has 1 amide bonds. The third-order valence-corrected chi connectivity index (χ3v) is 5.57. The maximum Gasteiger partial charge on any atom is 0.416 e. The number of rotatable bonds is 4. The van der Waals surface area contributed by atoms with Crippen LogP contribution in [0.15, 0.2) is 48.8 Å². The lowest BCUT2D eigenvalue weighted by molar-refractivity contribution is -0.137. The molecule has 0 aliphatic carbocycles. The van der Waals surface area contributed by atoms with Crippen LogP contribution in [0.25, 0.3) is 0 Å². The van der Waals surface area contributed by atoms with Crippen LogP contribution >= 0.6 is 0 Å². The van der Waals surface area contributed by atoms with Crippen molar-refractivity contribution in [1.82, 2.24) is 9.88 Å². The number of amides is 1. The summed E-state index contributed by atoms with van der Waals surface area (Å²) in [6.45, 7) is 0. The zero-order valence-electron chi connectivity index (χ0n) is 15.2. The van der Waals surface area contributed by atoms with Crippen LogP contribution in [0.5, 0.6) is 5.75 Å². The lowest BCUT2D eigenvalue weighted by atomic mass is 9.98. The van der Waals surface area contributed by atoms with E-state index in [0.717, 1.165) is 43.6 Å². The van der Waals surface area contributed by atoms with E-state index in [1.54, 1.807) is 12.4 Å². The molecule has 2 aromatic rings. The average molecular weight is 390 g/mol. The zero-order chi connectivity index (χ0) is 19.7. The highest BCUT2D eigenvalue weighted by atomic mass is 19.4. The molecule has 2 fully saturated rings. The van der Waals surface area contributed by atoms with Gasteiger partial charge in [-0.25, -0.2) is 0 Å². The van der Waals surface area contributed by atoms with Crippen LogP contribution in [0.4, 0.5) is 13.2 Å². The standard InChI is InChI=1S/C21H21F3N2O2/c22-21(23,24)15-3-1-14(2-4-15)11-20(27)26-16-5-6-17(26)13-19(12-16)28-18-7-9-25-10-8-18/h1-4,7-10,16-17,19H,5-6,11-13H2. The highest BCUT2D eigenvalue weighted by molar-refractivity contribution is 5.80. The van der Waals surface area contributed by atoms with Crippen LogP contribution in [0.2, 0.25) is 0 Å². The summed E-state index contributed by atoms with van der Waals surface area (Å²) in [5.74, 6) is 0.763. The molecule has 2 saturated heterocycles. The van der Waals surface area contributed by atoms with Crippen molar-refractivity contribution in [3.05, 3.63) is 59.9 Å². The quantitative estimate of drug-likeness (QED) is 0.784. The highest BCUT2D eigenvalue weighted by Gasteiger charge is 2.43. The van der Waals surface area contributed by atoms with Gasteiger partial charge in [-0.1, -0.05) is 12.1 Å². The Morgan fingerprint density at radius 2 is 1.64 bits per heavy atom. The molecule has 2 bridgehead atoms. The number of ether oxygens (including phenoxy) is 1. The number of carbonyl (C=O) groups is 1. The first-order chi connectivity index (χ1) is 13.4. The topological polar surface area (TPSA) is 42.4 Å². The first-order valence-electron chi connectivity index (χ1n) is 9.44. The summed E-state index contributed by atoms with van der Waals surface area (Å²) in [5.41, 5.74) is -0.0922. The predicted molar refractivity (Wildman–Crippen MR) is 96.7 cm³/mol. The second kappa shape index (κ2) is 7.45. The van der Waals surface area contributed by atoms with Crippen LogP contribution in [0, 0.1) is 0 Å². The lowest BCUT2D eigenvalue weighted by Gasteiger charge is -2.39. The number of nitrogens with zero attached hydrogens (tertiary/aromatic N) is 2. The average Bonchev–Trinajstić information content (AvgIpc) is 2.93. The van der Waals surface area contributed by atoms with Gasteiger partial charge in [-0.3, -0.25) is 9.78 Å². The van der Waals surface area contributed by atoms with Gasteiger partial charge < -0.3 is 9.64 Å². The summed E-state index contributed by atoms with van der Waals surface area (Å²) in [6.07, 6.45) is 2.64. The van der Waals surface area contributed by atoms with E-state index in [2.05, 4.69) is 4.98 Å². The van der Waals surface area contributed by atoms with Crippen molar-refractivity contribution in [2.24, 2.45) is 0 Å². The molecule has 4 rings (SSSR count). The third kappa shape index (κ3) is 3.98. The number of piperidine rings is 1. The van der Waals surface area contributed by atoms with Crippen molar-refractivity contribution >= 4 is 5.91 Å². The molecule has 0 saturated carbocycles. The number of halogens is 3. The number of hydrogen-bond donors (Lipinski definition) is 0. The molecule has 7 heteroatoms. The van der Waals surface area contributed by atoms with E-state index < -0.39 is 11.7 Å². The SMILES string of the molecule is O=C(Cc1ccc(C(F)(F)F)cc1)N1C2CCC1CC(Oc1ccncc1)C2. The summed E-state index contributed by atoms with van der Waals surface area (Å²) in [6, 6.07) is 8.76. The fraction of sp³-hybridized carbons (Fsp3) is 0.429. The number of fused-ring (bicyclic) bond motifs is 2. The second-order valence-electron chi connectivity index (χ2n) is 7.45. The van der Waals surface area contributed by atoms with Crippen LogP contribution in [0.1, 0.15) is 36.8 Å². The molecule has 0 N–H and O–H groups in total. The molecular formula is C21H21F3N2O2. The van der Waals surface area contributed by atoms with Crippen molar-refractivity contribution in [3.63, 3.8) is 0 Å². The molecule has 2 aliphatic rings. The van der Waals surface area contributed by atoms with Crippen molar-refractivity contribution < 1.29 is 22.7 Å². The van der Waals surface area contributed by atoms with E-state index in [9.17, 15) is 18.0 Å². The maximum absolute atomic E-state index is 12.8. The number of alkyl halides is 3. The van der Waals surface area contributed by atoms with Gasteiger partial charge in [0.05, 0.1) is 12.0 Å². The minimum atomic E-state index is -4.36. The van der Waals surface area contributed by atoms with E-state index in [-0.39, 0.29) is 30.5 Å². The Kier molecular flexibility index (Phi) is 5.00. The van der Waals surface area contributed by atoms with E-state index in [0.29, 0.717) is 5.56 Å². The summed E-state index contributed by atoms with van der Waals surface area (Å²) in [7, 11) is 0. The van der Waals surface area contributed by atoms with Crippen molar-refractivity contribution in [1.29, 1.82) is 0 Å². The van der Waals surface area contributed by atoms with Gasteiger partial charge in [0.1, 0.15) is 11.9 Å². The number of hydrogen-bond acceptors (Lipinski definition) is 3. The third-order valence-electron chi connectivity index (χ3n) is 5.57. The first kappa shape index (κ1) is 18.8. The van der Waals surface area contributed by atoms with Gasteiger partial charge in [0, 0.05) is 37.3 Å². The Bertz CT molecular complexity index is 810. The van der Waals surface area contributed by atoms with Crippen molar-refractivity contribution in [3.8, 4) is 5.75 Å². The summed E-state index contributed by atoms with van der Waals surface area (Å²) in [5, 5.41) is 0. The molecule has 2 atom stereocenters. The van der Waals surface area contributed by atoms with Crippen molar-refractivity contribution in [2.45, 2.75) is 56.5 Å². The zero-order valence-corrected chi connectivity index (χ0v) is 15.2. The summed E-state index contributed by atoms with van der Waals surface area (Å²) >= 11 is 0. The Balaban J connectivity index is 1.38. The van der Waals surface area contributed by atoms with Gasteiger partial charge >= 0.3 is 6.18 Å². The Morgan fingerprint density at radius 1 is 1.04 bits per heavy atom. The number of aromatic nitrogens is 1. The first-order valence-corrected chi connectivity index (χ1v) is 9.44. The van der Waals surface area contributed by atoms with E-state index in [1.807, 2.05) is 17.0 Å². The molecule has 1 aromatic carbocycles. The monoisotopic (exact) mass is 390 g/mol. The molecule has 0 spiro atoms. The fourth-order valence-electron chi connectivity index (χ4n) is 4.32. The predicted octanol–water partition coefficient (Wildman–Crippen LogP) is 4.24. The van der Waals surface area contributed by atoms with Gasteiger partial charge in [-0.2, -0.15) is 13.2 Å². The van der Waals surface area contributed by atoms with E-state index in [4.69, 9.17) is 4.74 Å². The number of carbonyl (C=O) groups excluding carboxylic acids is 1. The van der Waals surface area contributed by atoms with E-state index in [1.165, 1.54) is 12.1 Å². The van der Waals surface area contributed by atoms with Crippen LogP contribution in [0.3, 0.4) is 0 Å². The van der Waals surface area contributed by atoms with Gasteiger partial charge in [0.2, 0.25) is 5.91 Å². The highest BCUT2D eigenvalue weighted by Crippen LogP contribution is 2.38. The number of pyridine rings is 1. The Hall–Kier alpha value is -2.57. The number of benzene rings is 1. The fourth-order valence-corrected chi connectivity index (χ4v) is 4.32. The minimum absolute atomic E-state index is 0.0189. The largest absolute Gasteiger partial charge is 0.490 e. The van der Waals surface area contributed by atoms with Gasteiger partial charge in [0.15, 0.2) is 0 Å². The summed E-state index contributed by atoms with van der Waals surface area (Å²) in [4.78, 5) is 18.7. The molecule has 3 heterocycles. The Labute approximate surface area is 161 Å². The molecular weight excluding hydrogens is 369 g/mol. The molecule has 0 radical (unpaired) electrons. The van der Waals surface area contributed by atoms with Crippen LogP contribution in [-0.4, -0.2) is 34.0 Å². The van der Waals surface area contributed by atoms with Gasteiger partial charge in [0.25, 0.3) is 0 Å². The lowest BCUT2D eigenvalue weighted by Crippen LogP contribution is -2.49. The van der Waals surface area contributed by atoms with Gasteiger partial charge in [-0.05, 0) is 42.7 Å². The van der Waals surface area contributed by atoms with Gasteiger partial charge in [-0.15, -0.1) is 0 Å². The normalized spacial score (nSPS) is 24.2.